The number of rotatable bonds is 4. The summed E-state index contributed by atoms with van der Waals surface area (Å²) in [6.45, 7) is 0.996. The van der Waals surface area contributed by atoms with E-state index in [9.17, 15) is 4.79 Å². The summed E-state index contributed by atoms with van der Waals surface area (Å²) in [6.07, 6.45) is 1.41. The fourth-order valence-electron chi connectivity index (χ4n) is 1.12. The molecule has 88 valence electrons. The lowest BCUT2D eigenvalue weighted by molar-refractivity contribution is 0.0744. The maximum Gasteiger partial charge on any atom is 0.255 e. The number of halogens is 1. The van der Waals surface area contributed by atoms with Crippen LogP contribution >= 0.6 is 11.6 Å². The lowest BCUT2D eigenvalue weighted by Gasteiger charge is -2.16. The van der Waals surface area contributed by atoms with Crippen molar-refractivity contribution in [3.8, 4) is 0 Å². The number of nitrogens with two attached hydrogens (primary N) is 1. The van der Waals surface area contributed by atoms with Gasteiger partial charge in [0.05, 0.1) is 17.2 Å². The Balaban J connectivity index is 2.76. The third kappa shape index (κ3) is 3.08. The van der Waals surface area contributed by atoms with E-state index in [1.54, 1.807) is 14.2 Å². The van der Waals surface area contributed by atoms with Crippen molar-refractivity contribution in [1.29, 1.82) is 0 Å². The molecule has 0 spiro atoms. The van der Waals surface area contributed by atoms with E-state index in [0.29, 0.717) is 18.7 Å². The smallest absolute Gasteiger partial charge is 0.255 e. The Hall–Kier alpha value is -1.33. The van der Waals surface area contributed by atoms with Gasteiger partial charge in [-0.25, -0.2) is 4.98 Å². The minimum atomic E-state index is -0.161. The van der Waals surface area contributed by atoms with Crippen LogP contribution in [0.1, 0.15) is 10.4 Å². The second-order valence-corrected chi connectivity index (χ2v) is 3.72. The zero-order valence-corrected chi connectivity index (χ0v) is 9.99. The van der Waals surface area contributed by atoms with Gasteiger partial charge in [0.15, 0.2) is 0 Å². The Morgan fingerprint density at radius 2 is 2.38 bits per heavy atom. The Morgan fingerprint density at radius 3 is 2.94 bits per heavy atom. The van der Waals surface area contributed by atoms with E-state index in [2.05, 4.69) is 4.98 Å². The number of nitrogen functional groups attached to an aromatic ring is 1. The van der Waals surface area contributed by atoms with Crippen LogP contribution in [0.4, 0.5) is 5.82 Å². The van der Waals surface area contributed by atoms with E-state index in [1.807, 2.05) is 0 Å². The highest BCUT2D eigenvalue weighted by Gasteiger charge is 2.13. The van der Waals surface area contributed by atoms with Gasteiger partial charge in [-0.2, -0.15) is 0 Å². The summed E-state index contributed by atoms with van der Waals surface area (Å²) < 4.78 is 4.89. The van der Waals surface area contributed by atoms with Gasteiger partial charge < -0.3 is 15.4 Å². The van der Waals surface area contributed by atoms with Gasteiger partial charge in [0.2, 0.25) is 0 Å². The number of nitrogens with zero attached hydrogens (tertiary/aromatic N) is 2. The Labute approximate surface area is 99.2 Å². The lowest BCUT2D eigenvalue weighted by Crippen LogP contribution is -2.30. The first-order chi connectivity index (χ1) is 7.56. The number of ether oxygens (including phenoxy) is 1. The van der Waals surface area contributed by atoms with Gasteiger partial charge in [-0.1, -0.05) is 11.6 Å². The van der Waals surface area contributed by atoms with Crippen molar-refractivity contribution in [3.63, 3.8) is 0 Å². The number of pyridine rings is 1. The minimum absolute atomic E-state index is 0.161. The SMILES string of the molecule is COCCN(C)C(=O)c1cnc(N)c(Cl)c1. The molecule has 2 N–H and O–H groups in total. The van der Waals surface area contributed by atoms with Crippen LogP contribution in [0.3, 0.4) is 0 Å². The van der Waals surface area contributed by atoms with Gasteiger partial charge in [0.25, 0.3) is 5.91 Å². The second-order valence-electron chi connectivity index (χ2n) is 3.31. The van der Waals surface area contributed by atoms with Crippen molar-refractivity contribution in [3.05, 3.63) is 22.8 Å². The van der Waals surface area contributed by atoms with E-state index in [1.165, 1.54) is 17.2 Å². The summed E-state index contributed by atoms with van der Waals surface area (Å²) in [7, 11) is 3.27. The monoisotopic (exact) mass is 243 g/mol. The summed E-state index contributed by atoms with van der Waals surface area (Å²) >= 11 is 5.78. The summed E-state index contributed by atoms with van der Waals surface area (Å²) in [5.41, 5.74) is 5.87. The van der Waals surface area contributed by atoms with Crippen molar-refractivity contribution in [2.75, 3.05) is 33.0 Å². The van der Waals surface area contributed by atoms with Crippen LogP contribution in [0, 0.1) is 0 Å². The molecule has 0 radical (unpaired) electrons. The van der Waals surface area contributed by atoms with Crippen molar-refractivity contribution in [1.82, 2.24) is 9.88 Å². The predicted molar refractivity (Wildman–Crippen MR) is 62.5 cm³/mol. The molecule has 0 saturated carbocycles. The zero-order chi connectivity index (χ0) is 12.1. The highest BCUT2D eigenvalue weighted by Crippen LogP contribution is 2.17. The molecule has 0 aliphatic heterocycles. The average Bonchev–Trinajstić information content (AvgIpc) is 2.28. The zero-order valence-electron chi connectivity index (χ0n) is 9.24. The Morgan fingerprint density at radius 1 is 1.69 bits per heavy atom. The summed E-state index contributed by atoms with van der Waals surface area (Å²) in [5.74, 6) is 0.0595. The Kier molecular flexibility index (Phi) is 4.52. The largest absolute Gasteiger partial charge is 0.383 e. The van der Waals surface area contributed by atoms with Crippen LogP contribution in [0.5, 0.6) is 0 Å². The standard InChI is InChI=1S/C10H14ClN3O2/c1-14(3-4-16-2)10(15)7-5-8(11)9(12)13-6-7/h5-6H,3-4H2,1-2H3,(H2,12,13). The number of hydrogen-bond donors (Lipinski definition) is 1. The molecule has 5 nitrogen and oxygen atoms in total. The highest BCUT2D eigenvalue weighted by atomic mass is 35.5. The van der Waals surface area contributed by atoms with E-state index in [-0.39, 0.29) is 16.7 Å². The number of carbonyl (C=O) groups excluding carboxylic acids is 1. The quantitative estimate of drug-likeness (QED) is 0.858. The molecular weight excluding hydrogens is 230 g/mol. The molecule has 0 atom stereocenters. The minimum Gasteiger partial charge on any atom is -0.383 e. The molecule has 1 heterocycles. The number of carbonyl (C=O) groups is 1. The third-order valence-corrected chi connectivity index (χ3v) is 2.40. The number of likely N-dealkylation sites (N-methyl/N-ethyl adjacent to an activating group) is 1. The predicted octanol–water partition coefficient (Wildman–Crippen LogP) is 1.04. The maximum atomic E-state index is 11.8. The van der Waals surface area contributed by atoms with Gasteiger partial charge in [0, 0.05) is 26.9 Å². The first kappa shape index (κ1) is 12.7. The van der Waals surface area contributed by atoms with Gasteiger partial charge in [0.1, 0.15) is 5.82 Å². The number of aromatic nitrogens is 1. The number of anilines is 1. The second kappa shape index (κ2) is 5.67. The first-order valence-corrected chi connectivity index (χ1v) is 5.09. The normalized spacial score (nSPS) is 10.2. The first-order valence-electron chi connectivity index (χ1n) is 4.71. The van der Waals surface area contributed by atoms with Crippen molar-refractivity contribution in [2.45, 2.75) is 0 Å². The van der Waals surface area contributed by atoms with Crippen LogP contribution < -0.4 is 5.73 Å². The average molecular weight is 244 g/mol. The highest BCUT2D eigenvalue weighted by molar-refractivity contribution is 6.33. The molecule has 0 aliphatic carbocycles. The van der Waals surface area contributed by atoms with Crippen molar-refractivity contribution in [2.24, 2.45) is 0 Å². The number of amides is 1. The molecule has 0 aromatic carbocycles. The molecule has 0 fully saturated rings. The molecule has 1 amide bonds. The fourth-order valence-corrected chi connectivity index (χ4v) is 1.28. The molecule has 6 heteroatoms. The van der Waals surface area contributed by atoms with Gasteiger partial charge in [-0.05, 0) is 6.07 Å². The summed E-state index contributed by atoms with van der Waals surface area (Å²) in [4.78, 5) is 17.2. The molecule has 0 unspecified atom stereocenters. The molecule has 1 rings (SSSR count). The lowest BCUT2D eigenvalue weighted by atomic mass is 10.2. The van der Waals surface area contributed by atoms with Gasteiger partial charge in [-0.3, -0.25) is 4.79 Å². The topological polar surface area (TPSA) is 68.5 Å². The molecule has 0 saturated heterocycles. The molecule has 1 aromatic heterocycles. The van der Waals surface area contributed by atoms with Crippen LogP contribution in [0.2, 0.25) is 5.02 Å². The van der Waals surface area contributed by atoms with Crippen molar-refractivity contribution < 1.29 is 9.53 Å². The molecule has 16 heavy (non-hydrogen) atoms. The van der Waals surface area contributed by atoms with Crippen LogP contribution in [0.25, 0.3) is 0 Å². The molecule has 1 aromatic rings. The van der Waals surface area contributed by atoms with E-state index in [4.69, 9.17) is 22.1 Å². The van der Waals surface area contributed by atoms with Crippen LogP contribution in [-0.4, -0.2) is 43.1 Å². The van der Waals surface area contributed by atoms with Crippen molar-refractivity contribution >= 4 is 23.3 Å². The summed E-state index contributed by atoms with van der Waals surface area (Å²) in [5, 5.41) is 0.283. The van der Waals surface area contributed by atoms with Gasteiger partial charge >= 0.3 is 0 Å². The van der Waals surface area contributed by atoms with E-state index >= 15 is 0 Å². The number of hydrogen-bond acceptors (Lipinski definition) is 4. The van der Waals surface area contributed by atoms with Gasteiger partial charge in [-0.15, -0.1) is 0 Å². The third-order valence-electron chi connectivity index (χ3n) is 2.09. The molecular formula is C10H14ClN3O2. The summed E-state index contributed by atoms with van der Waals surface area (Å²) in [6, 6.07) is 1.51. The van der Waals surface area contributed by atoms with Crippen LogP contribution in [0.15, 0.2) is 12.3 Å². The molecule has 0 aliphatic rings. The van der Waals surface area contributed by atoms with Crippen LogP contribution in [-0.2, 0) is 4.74 Å². The van der Waals surface area contributed by atoms with E-state index in [0.717, 1.165) is 0 Å². The van der Waals surface area contributed by atoms with E-state index < -0.39 is 0 Å². The fraction of sp³-hybridized carbons (Fsp3) is 0.400. The maximum absolute atomic E-state index is 11.8. The molecule has 0 bridgehead atoms. The Bertz CT molecular complexity index is 384. The number of methoxy groups -OCH3 is 1.